The minimum Gasteiger partial charge on any atom is -0.386 e. The Hall–Kier alpha value is -0.320. The van der Waals surface area contributed by atoms with Gasteiger partial charge in [-0.25, -0.2) is 0 Å². The molecule has 28 heavy (non-hydrogen) atoms. The van der Waals surface area contributed by atoms with Crippen LogP contribution < -0.4 is 10.6 Å². The molecule has 0 aromatic heterocycles. The van der Waals surface area contributed by atoms with Crippen molar-refractivity contribution in [3.05, 3.63) is 33.8 Å². The average Bonchev–Trinajstić information content (AvgIpc) is 3.14. The fraction of sp³-hybridized carbons (Fsp3) is 0.632. The Morgan fingerprint density at radius 3 is 2.71 bits per heavy atom. The van der Waals surface area contributed by atoms with Crippen LogP contribution in [-0.2, 0) is 9.47 Å². The molecule has 2 rings (SSSR count). The van der Waals surface area contributed by atoms with Crippen LogP contribution in [0.3, 0.4) is 0 Å². The number of guanidine groups is 1. The highest BCUT2D eigenvalue weighted by Crippen LogP contribution is 2.23. The van der Waals surface area contributed by atoms with Crippen molar-refractivity contribution in [2.24, 2.45) is 10.9 Å². The van der Waals surface area contributed by atoms with Crippen molar-refractivity contribution < 1.29 is 14.6 Å². The van der Waals surface area contributed by atoms with Gasteiger partial charge in [0.1, 0.15) is 0 Å². The molecule has 3 N–H and O–H groups in total. The van der Waals surface area contributed by atoms with Crippen molar-refractivity contribution in [1.29, 1.82) is 0 Å². The lowest BCUT2D eigenvalue weighted by Gasteiger charge is -2.14. The third kappa shape index (κ3) is 9.93. The molecule has 2 atom stereocenters. The number of nitrogens with one attached hydrogen (secondary N) is 2. The van der Waals surface area contributed by atoms with Gasteiger partial charge in [0.25, 0.3) is 0 Å². The molecule has 1 saturated heterocycles. The van der Waals surface area contributed by atoms with Gasteiger partial charge in [-0.15, -0.1) is 24.0 Å². The summed E-state index contributed by atoms with van der Waals surface area (Å²) in [5.41, 5.74) is 0.649. The fourth-order valence-electron chi connectivity index (χ4n) is 2.74. The Morgan fingerprint density at radius 2 is 2.07 bits per heavy atom. The molecule has 1 fully saturated rings. The molecular weight excluding hydrogens is 516 g/mol. The maximum atomic E-state index is 10.3. The van der Waals surface area contributed by atoms with Gasteiger partial charge in [0.15, 0.2) is 5.96 Å². The highest BCUT2D eigenvalue weighted by atomic mass is 127. The summed E-state index contributed by atoms with van der Waals surface area (Å²) < 4.78 is 11.0. The molecule has 0 aliphatic carbocycles. The molecule has 0 spiro atoms. The SMILES string of the molecule is CCNC(=NCC(O)c1cc(Cl)cc(Cl)c1)NCCCOCC1CCOC1.I. The van der Waals surface area contributed by atoms with Crippen LogP contribution in [0.15, 0.2) is 23.2 Å². The molecule has 1 heterocycles. The van der Waals surface area contributed by atoms with Crippen molar-refractivity contribution in [2.75, 3.05) is 46.1 Å². The van der Waals surface area contributed by atoms with Gasteiger partial charge < -0.3 is 25.2 Å². The third-order valence-electron chi connectivity index (χ3n) is 4.17. The van der Waals surface area contributed by atoms with Gasteiger partial charge >= 0.3 is 0 Å². The predicted molar refractivity (Wildman–Crippen MR) is 125 cm³/mol. The zero-order chi connectivity index (χ0) is 19.5. The van der Waals surface area contributed by atoms with Crippen LogP contribution in [-0.4, -0.2) is 57.1 Å². The minimum absolute atomic E-state index is 0. The van der Waals surface area contributed by atoms with Crippen molar-refractivity contribution >= 4 is 53.1 Å². The standard InChI is InChI=1S/C19H29Cl2N3O3.HI/c1-2-22-19(23-5-3-6-26-12-14-4-7-27-13-14)24-11-18(25)15-8-16(20)10-17(21)9-15;/h8-10,14,18,25H,2-7,11-13H2,1H3,(H2,22,23,24);1H. The highest BCUT2D eigenvalue weighted by molar-refractivity contribution is 14.0. The first-order chi connectivity index (χ1) is 13.1. The number of aliphatic imine (C=N–C) groups is 1. The van der Waals surface area contributed by atoms with E-state index in [1.165, 1.54) is 0 Å². The highest BCUT2D eigenvalue weighted by Gasteiger charge is 2.15. The van der Waals surface area contributed by atoms with Crippen LogP contribution in [0.1, 0.15) is 31.4 Å². The number of ether oxygens (including phenoxy) is 2. The number of rotatable bonds is 10. The van der Waals surface area contributed by atoms with Gasteiger partial charge in [-0.2, -0.15) is 0 Å². The van der Waals surface area contributed by atoms with Crippen LogP contribution in [0.4, 0.5) is 0 Å². The molecule has 1 aromatic rings. The normalized spacial score (nSPS) is 17.9. The lowest BCUT2D eigenvalue weighted by atomic mass is 10.1. The minimum atomic E-state index is -0.770. The zero-order valence-corrected chi connectivity index (χ0v) is 20.0. The summed E-state index contributed by atoms with van der Waals surface area (Å²) in [6, 6.07) is 5.03. The Kier molecular flexibility index (Phi) is 13.4. The summed E-state index contributed by atoms with van der Waals surface area (Å²) in [4.78, 5) is 4.43. The molecule has 0 radical (unpaired) electrons. The van der Waals surface area contributed by atoms with E-state index in [1.807, 2.05) is 6.92 Å². The van der Waals surface area contributed by atoms with Crippen LogP contribution in [0.25, 0.3) is 0 Å². The summed E-state index contributed by atoms with van der Waals surface area (Å²) in [5.74, 6) is 1.20. The summed E-state index contributed by atoms with van der Waals surface area (Å²) in [7, 11) is 0. The number of aliphatic hydroxyl groups excluding tert-OH is 1. The van der Waals surface area contributed by atoms with Gasteiger partial charge in [0, 0.05) is 42.3 Å². The summed E-state index contributed by atoms with van der Waals surface area (Å²) in [5, 5.41) is 17.7. The number of hydrogen-bond acceptors (Lipinski definition) is 4. The first kappa shape index (κ1) is 25.7. The van der Waals surface area contributed by atoms with E-state index in [4.69, 9.17) is 32.7 Å². The van der Waals surface area contributed by atoms with E-state index in [-0.39, 0.29) is 30.5 Å². The molecule has 6 nitrogen and oxygen atoms in total. The molecular formula is C19H30Cl2IN3O3. The molecule has 0 saturated carbocycles. The summed E-state index contributed by atoms with van der Waals surface area (Å²) >= 11 is 12.0. The van der Waals surface area contributed by atoms with Crippen LogP contribution in [0.2, 0.25) is 10.0 Å². The Balaban J connectivity index is 0.00000392. The third-order valence-corrected chi connectivity index (χ3v) is 4.61. The molecule has 9 heteroatoms. The average molecular weight is 546 g/mol. The van der Waals surface area contributed by atoms with E-state index in [2.05, 4.69) is 15.6 Å². The largest absolute Gasteiger partial charge is 0.386 e. The number of nitrogens with zero attached hydrogens (tertiary/aromatic N) is 1. The number of hydrogen-bond donors (Lipinski definition) is 3. The molecule has 2 unspecified atom stereocenters. The monoisotopic (exact) mass is 545 g/mol. The summed E-state index contributed by atoms with van der Waals surface area (Å²) in [6.07, 6.45) is 1.20. The van der Waals surface area contributed by atoms with Gasteiger partial charge in [-0.3, -0.25) is 4.99 Å². The van der Waals surface area contributed by atoms with E-state index < -0.39 is 6.10 Å². The Bertz CT molecular complexity index is 582. The number of halogens is 3. The molecule has 0 amide bonds. The lowest BCUT2D eigenvalue weighted by molar-refractivity contribution is 0.0888. The maximum absolute atomic E-state index is 10.3. The molecule has 1 aliphatic heterocycles. The van der Waals surface area contributed by atoms with Gasteiger partial charge in [0.2, 0.25) is 0 Å². The molecule has 160 valence electrons. The second kappa shape index (κ2) is 14.6. The van der Waals surface area contributed by atoms with E-state index in [0.29, 0.717) is 34.1 Å². The van der Waals surface area contributed by atoms with E-state index in [0.717, 1.165) is 45.8 Å². The second-order valence-electron chi connectivity index (χ2n) is 6.52. The van der Waals surface area contributed by atoms with Gasteiger partial charge in [-0.1, -0.05) is 23.2 Å². The lowest BCUT2D eigenvalue weighted by Crippen LogP contribution is -2.38. The molecule has 0 bridgehead atoms. The quantitative estimate of drug-likeness (QED) is 0.181. The number of aliphatic hydroxyl groups is 1. The van der Waals surface area contributed by atoms with Gasteiger partial charge in [0.05, 0.1) is 25.9 Å². The molecule has 1 aromatic carbocycles. The molecule has 1 aliphatic rings. The van der Waals surface area contributed by atoms with E-state index in [1.54, 1.807) is 18.2 Å². The van der Waals surface area contributed by atoms with Crippen molar-refractivity contribution in [2.45, 2.75) is 25.9 Å². The first-order valence-electron chi connectivity index (χ1n) is 9.40. The van der Waals surface area contributed by atoms with Crippen LogP contribution >= 0.6 is 47.2 Å². The van der Waals surface area contributed by atoms with E-state index >= 15 is 0 Å². The maximum Gasteiger partial charge on any atom is 0.191 e. The second-order valence-corrected chi connectivity index (χ2v) is 7.40. The van der Waals surface area contributed by atoms with Gasteiger partial charge in [-0.05, 0) is 43.5 Å². The Labute approximate surface area is 194 Å². The zero-order valence-electron chi connectivity index (χ0n) is 16.1. The predicted octanol–water partition coefficient (Wildman–Crippen LogP) is 3.64. The Morgan fingerprint density at radius 1 is 1.32 bits per heavy atom. The number of benzene rings is 1. The van der Waals surface area contributed by atoms with Crippen molar-refractivity contribution in [1.82, 2.24) is 10.6 Å². The van der Waals surface area contributed by atoms with E-state index in [9.17, 15) is 5.11 Å². The smallest absolute Gasteiger partial charge is 0.191 e. The topological polar surface area (TPSA) is 75.1 Å². The fourth-order valence-corrected chi connectivity index (χ4v) is 3.28. The summed E-state index contributed by atoms with van der Waals surface area (Å²) in [6.45, 7) is 6.83. The van der Waals surface area contributed by atoms with Crippen molar-refractivity contribution in [3.63, 3.8) is 0 Å². The van der Waals surface area contributed by atoms with Crippen LogP contribution in [0, 0.1) is 5.92 Å². The first-order valence-corrected chi connectivity index (χ1v) is 10.2. The van der Waals surface area contributed by atoms with Crippen LogP contribution in [0.5, 0.6) is 0 Å². The van der Waals surface area contributed by atoms with Crippen molar-refractivity contribution in [3.8, 4) is 0 Å².